The van der Waals surface area contributed by atoms with Crippen LogP contribution >= 0.6 is 15.0 Å². The number of aliphatic hydroxyl groups excluding tert-OH is 1. The number of aromatic nitrogens is 7. The maximum absolute atomic E-state index is 17.0. The Labute approximate surface area is 448 Å². The second-order valence-corrected chi connectivity index (χ2v) is 28.3. The van der Waals surface area contributed by atoms with Gasteiger partial charge in [-0.25, -0.2) is 35.7 Å². The molecule has 0 spiro atoms. The van der Waals surface area contributed by atoms with Crippen LogP contribution < -0.4 is 10.5 Å². The van der Waals surface area contributed by atoms with Crippen molar-refractivity contribution in [3.63, 3.8) is 0 Å². The lowest BCUT2D eigenvalue weighted by Crippen LogP contribution is -2.50. The van der Waals surface area contributed by atoms with Crippen molar-refractivity contribution in [1.29, 1.82) is 0 Å². The summed E-state index contributed by atoms with van der Waals surface area (Å²) < 4.78 is 83.2. The number of esters is 1. The second kappa shape index (κ2) is 23.4. The molecule has 2 saturated heterocycles. The predicted octanol–water partition coefficient (Wildman–Crippen LogP) is 6.60. The first-order valence-electron chi connectivity index (χ1n) is 24.7. The highest BCUT2D eigenvalue weighted by Crippen LogP contribution is 2.56. The SMILES string of the molecule is [C-]#[N+]CCOP(=S)(OC[C@H]1O[C@@H](n2cc3c4c(ncnc42)N(C(=O)c2ccccc2)CCC3)[C@H](F)[C@@H]1O[P+](=O)O)O[C@@H]1[C@H](O[Si](C)(C)C(C)(C)C)[C@@H](CO)O[C@H]1n1cnc2c(=O)n(CCOC(=O)c3ccccc3)cnc21. The standard InChI is InChI=1S/C49H56FN9O14P2SSi/c1-49(2,3)77(5,6)73-39-33(25-60)69-47(59-29-54-37-43(59)55-28-56(45(37)62)21-23-66-48(63)31-16-11-8-12-17-31)40(39)72-75(76,67-22-19-51-4)68-26-34-38(71-74(64)65)36(50)46(70-34)58-24-32-18-13-20-57(41-35(32)42(58)53-27-52-41)44(61)30-14-9-7-10-15-30/h7-12,14-17,24,27-29,33-34,36,38-40,46-47,60H,13,18-23,25-26H2,1-3,5-6H3/p+1/t33-,34-,36-,38-,39-,40-,46-,47-,75?/m1/s1. The van der Waals surface area contributed by atoms with Crippen LogP contribution in [0, 0.1) is 6.57 Å². The molecule has 3 aliphatic rings. The molecule has 2 unspecified atom stereocenters. The van der Waals surface area contributed by atoms with Crippen molar-refractivity contribution >= 4 is 75.0 Å². The Hall–Kier alpha value is -5.62. The fourth-order valence-corrected chi connectivity index (χ4v) is 13.0. The summed E-state index contributed by atoms with van der Waals surface area (Å²) in [6.07, 6.45) is -5.02. The highest BCUT2D eigenvalue weighted by atomic mass is 32.5. The molecular weight excluding hydrogens is 1080 g/mol. The van der Waals surface area contributed by atoms with Gasteiger partial charge in [0.05, 0.1) is 37.0 Å². The lowest BCUT2D eigenvalue weighted by atomic mass is 10.1. The molecule has 2 N–H and O–H groups in total. The molecule has 6 aromatic rings. The minimum atomic E-state index is -4.20. The predicted molar refractivity (Wildman–Crippen MR) is 282 cm³/mol. The summed E-state index contributed by atoms with van der Waals surface area (Å²) in [5.41, 5.74) is 1.16. The fraction of sp³-hybridized carbons (Fsp3) is 0.469. The molecule has 0 saturated carbocycles. The third-order valence-electron chi connectivity index (χ3n) is 14.0. The second-order valence-electron chi connectivity index (χ2n) is 19.9. The Morgan fingerprint density at radius 2 is 1.65 bits per heavy atom. The van der Waals surface area contributed by atoms with Gasteiger partial charge in [-0.1, -0.05) is 57.2 Å². The van der Waals surface area contributed by atoms with Crippen molar-refractivity contribution in [3.8, 4) is 0 Å². The van der Waals surface area contributed by atoms with Crippen LogP contribution in [-0.2, 0) is 66.1 Å². The van der Waals surface area contributed by atoms with E-state index in [-0.39, 0.29) is 54.1 Å². The molecule has 0 radical (unpaired) electrons. The number of rotatable bonds is 20. The number of hydrogen-bond acceptors (Lipinski definition) is 18. The topological polar surface area (TPSA) is 257 Å². The number of anilines is 1. The lowest BCUT2D eigenvalue weighted by Gasteiger charge is -2.41. The largest absolute Gasteiger partial charge is 0.695 e. The van der Waals surface area contributed by atoms with Gasteiger partial charge in [-0.2, -0.15) is 0 Å². The number of carbonyl (C=O) groups excluding carboxylic acids is 2. The molecule has 1 amide bonds. The first-order chi connectivity index (χ1) is 36.8. The first kappa shape index (κ1) is 56.1. The molecule has 28 heteroatoms. The van der Waals surface area contributed by atoms with E-state index in [0.29, 0.717) is 41.7 Å². The summed E-state index contributed by atoms with van der Waals surface area (Å²) in [5.74, 6) is -0.518. The quantitative estimate of drug-likeness (QED) is 0.0268. The normalized spacial score (nSPS) is 23.7. The van der Waals surface area contributed by atoms with Crippen molar-refractivity contribution in [2.24, 2.45) is 0 Å². The van der Waals surface area contributed by atoms with E-state index in [4.69, 9.17) is 55.1 Å². The van der Waals surface area contributed by atoms with Crippen LogP contribution in [0.3, 0.4) is 0 Å². The molecule has 23 nitrogen and oxygen atoms in total. The average Bonchev–Trinajstić information content (AvgIpc) is 4.19. The summed E-state index contributed by atoms with van der Waals surface area (Å²) >= 11 is 6.10. The van der Waals surface area contributed by atoms with Crippen LogP contribution in [-0.4, -0.2) is 140 Å². The number of hydrogen-bond donors (Lipinski definition) is 2. The van der Waals surface area contributed by atoms with E-state index in [1.807, 2.05) is 33.9 Å². The minimum absolute atomic E-state index is 0.0418. The number of benzene rings is 2. The van der Waals surface area contributed by atoms with Gasteiger partial charge < -0.3 is 42.2 Å². The lowest BCUT2D eigenvalue weighted by molar-refractivity contribution is -0.0559. The van der Waals surface area contributed by atoms with E-state index < -0.39 is 97.2 Å². The molecule has 9 rings (SSSR count). The number of halogens is 1. The highest BCUT2D eigenvalue weighted by Gasteiger charge is 2.56. The van der Waals surface area contributed by atoms with Gasteiger partial charge in [0.2, 0.25) is 6.54 Å². The number of imidazole rings is 1. The van der Waals surface area contributed by atoms with Crippen LogP contribution in [0.1, 0.15) is 65.9 Å². The maximum Gasteiger partial charge on any atom is 0.695 e. The summed E-state index contributed by atoms with van der Waals surface area (Å²) in [6.45, 7) is 11.8. The molecule has 2 aromatic carbocycles. The van der Waals surface area contributed by atoms with E-state index >= 15 is 4.39 Å². The molecule has 0 aliphatic carbocycles. The van der Waals surface area contributed by atoms with Gasteiger partial charge >= 0.3 is 20.9 Å². The van der Waals surface area contributed by atoms with Gasteiger partial charge in [0.25, 0.3) is 11.5 Å². The molecule has 4 aromatic heterocycles. The van der Waals surface area contributed by atoms with Crippen molar-refractivity contribution in [2.75, 3.05) is 44.4 Å². The number of carbonyl (C=O) groups is 2. The zero-order chi connectivity index (χ0) is 54.8. The Morgan fingerprint density at radius 3 is 2.34 bits per heavy atom. The molecule has 10 atom stereocenters. The molecule has 7 heterocycles. The summed E-state index contributed by atoms with van der Waals surface area (Å²) in [6, 6.07) is 17.1. The van der Waals surface area contributed by atoms with E-state index in [2.05, 4.69) is 24.8 Å². The molecule has 0 bridgehead atoms. The molecule has 3 aliphatic heterocycles. The number of aryl methyl sites for hydroxylation is 1. The monoisotopic (exact) mass is 1140 g/mol. The Morgan fingerprint density at radius 1 is 0.935 bits per heavy atom. The van der Waals surface area contributed by atoms with E-state index in [1.165, 1.54) is 32.7 Å². The van der Waals surface area contributed by atoms with Gasteiger partial charge in [-0.15, -0.1) is 9.42 Å². The smallest absolute Gasteiger partial charge is 0.460 e. The maximum atomic E-state index is 17.0. The van der Waals surface area contributed by atoms with Crippen LogP contribution in [0.25, 0.3) is 27.0 Å². The van der Waals surface area contributed by atoms with E-state index in [9.17, 15) is 28.9 Å². The highest BCUT2D eigenvalue weighted by molar-refractivity contribution is 8.07. The Balaban J connectivity index is 1.01. The van der Waals surface area contributed by atoms with E-state index in [1.54, 1.807) is 71.8 Å². The van der Waals surface area contributed by atoms with Gasteiger partial charge in [0, 0.05) is 22.9 Å². The third-order valence-corrected chi connectivity index (χ3v) is 21.2. The van der Waals surface area contributed by atoms with E-state index in [0.717, 1.165) is 5.56 Å². The van der Waals surface area contributed by atoms with Gasteiger partial charge in [0.15, 0.2) is 44.2 Å². The number of nitrogens with zero attached hydrogens (tertiary/aromatic N) is 9. The van der Waals surface area contributed by atoms with Crippen LogP contribution in [0.5, 0.6) is 0 Å². The summed E-state index contributed by atoms with van der Waals surface area (Å²) in [7, 11) is -6.18. The zero-order valence-electron chi connectivity index (χ0n) is 42.6. The third kappa shape index (κ3) is 11.7. The molecular formula is C49H57FN9O14P2SSi+. The van der Waals surface area contributed by atoms with Crippen molar-refractivity contribution in [1.82, 2.24) is 33.6 Å². The van der Waals surface area contributed by atoms with Crippen LogP contribution in [0.15, 0.2) is 90.6 Å². The minimum Gasteiger partial charge on any atom is -0.460 e. The van der Waals surface area contributed by atoms with Gasteiger partial charge in [-0.05, 0) is 72.6 Å². The average molecular weight is 1140 g/mol. The van der Waals surface area contributed by atoms with Gasteiger partial charge in [0.1, 0.15) is 61.7 Å². The Bertz CT molecular complexity index is 3290. The van der Waals surface area contributed by atoms with Crippen molar-refractivity contribution in [3.05, 3.63) is 124 Å². The number of ether oxygens (including phenoxy) is 3. The Kier molecular flexibility index (Phi) is 17.0. The summed E-state index contributed by atoms with van der Waals surface area (Å²) in [5, 5.41) is 11.0. The van der Waals surface area contributed by atoms with Crippen molar-refractivity contribution in [2.45, 2.75) is 107 Å². The molecule has 77 heavy (non-hydrogen) atoms. The number of amides is 1. The van der Waals surface area contributed by atoms with Crippen LogP contribution in [0.2, 0.25) is 18.1 Å². The summed E-state index contributed by atoms with van der Waals surface area (Å²) in [4.78, 5) is 73.2. The zero-order valence-corrected chi connectivity index (χ0v) is 46.2. The van der Waals surface area contributed by atoms with Gasteiger partial charge in [-0.3, -0.25) is 28.1 Å². The fourth-order valence-electron chi connectivity index (χ4n) is 9.13. The van der Waals surface area contributed by atoms with Crippen molar-refractivity contribution < 1.29 is 65.3 Å². The van der Waals surface area contributed by atoms with Crippen LogP contribution in [0.4, 0.5) is 10.2 Å². The molecule has 2 fully saturated rings. The molecule has 408 valence electrons. The number of alkyl halides is 1. The first-order valence-corrected chi connectivity index (χ1v) is 31.2. The number of fused-ring (bicyclic) bond motifs is 1. The number of aliphatic hydroxyl groups is 1.